The zero-order valence-electron chi connectivity index (χ0n) is 16.4. The molecule has 7 heteroatoms. The normalized spacial score (nSPS) is 11.4. The van der Waals surface area contributed by atoms with E-state index in [1.807, 2.05) is 50.2 Å². The number of aryl methyl sites for hydroxylation is 1. The third-order valence-corrected chi connectivity index (χ3v) is 4.55. The van der Waals surface area contributed by atoms with E-state index in [9.17, 15) is 4.79 Å². The molecule has 0 aliphatic carbocycles. The van der Waals surface area contributed by atoms with E-state index in [-0.39, 0.29) is 22.7 Å². The molecule has 0 fully saturated rings. The summed E-state index contributed by atoms with van der Waals surface area (Å²) >= 11 is 6.17. The fraction of sp³-hybridized carbons (Fsp3) is 0.227. The van der Waals surface area contributed by atoms with Crippen molar-refractivity contribution >= 4 is 23.3 Å². The molecule has 29 heavy (non-hydrogen) atoms. The minimum absolute atomic E-state index is 0.111. The van der Waals surface area contributed by atoms with Crippen LogP contribution in [0.3, 0.4) is 0 Å². The van der Waals surface area contributed by atoms with E-state index in [2.05, 4.69) is 27.2 Å². The Hall–Kier alpha value is -3.14. The zero-order chi connectivity index (χ0) is 20.8. The molecular formula is C22H21ClN4O2. The number of amides is 1. The van der Waals surface area contributed by atoms with Gasteiger partial charge >= 0.3 is 0 Å². The standard InChI is InChI=1S/C22H21ClN4O2/c1-15-11-18(10-9-17-7-5-4-6-8-17)12-24-21(15)26-22(28)20-19(23)13-25-27(20)14-16(2)29-3/h4-8,11-13,16H,14H2,1-3H3,(H,24,26,28)/t16-/m0/s1. The van der Waals surface area contributed by atoms with Gasteiger partial charge in [0.25, 0.3) is 5.91 Å². The van der Waals surface area contributed by atoms with Crippen LogP contribution < -0.4 is 5.32 Å². The second-order valence-electron chi connectivity index (χ2n) is 6.53. The first-order valence-corrected chi connectivity index (χ1v) is 9.45. The maximum atomic E-state index is 12.8. The molecule has 1 N–H and O–H groups in total. The molecule has 0 spiro atoms. The fourth-order valence-corrected chi connectivity index (χ4v) is 2.88. The summed E-state index contributed by atoms with van der Waals surface area (Å²) in [5, 5.41) is 7.24. The lowest BCUT2D eigenvalue weighted by molar-refractivity contribution is 0.0939. The van der Waals surface area contributed by atoms with Gasteiger partial charge in [-0.25, -0.2) is 4.98 Å². The topological polar surface area (TPSA) is 69.0 Å². The Labute approximate surface area is 174 Å². The van der Waals surface area contributed by atoms with Gasteiger partial charge in [-0.15, -0.1) is 0 Å². The largest absolute Gasteiger partial charge is 0.380 e. The smallest absolute Gasteiger partial charge is 0.276 e. The predicted molar refractivity (Wildman–Crippen MR) is 113 cm³/mol. The van der Waals surface area contributed by atoms with Crippen molar-refractivity contribution in [1.29, 1.82) is 0 Å². The molecular weight excluding hydrogens is 388 g/mol. The molecule has 6 nitrogen and oxygen atoms in total. The predicted octanol–water partition coefficient (Wildman–Crippen LogP) is 3.93. The van der Waals surface area contributed by atoms with Gasteiger partial charge in [-0.2, -0.15) is 5.10 Å². The number of aromatic nitrogens is 3. The number of halogens is 1. The molecule has 1 aromatic carbocycles. The summed E-state index contributed by atoms with van der Waals surface area (Å²) in [4.78, 5) is 17.1. The molecule has 2 aromatic heterocycles. The number of anilines is 1. The van der Waals surface area contributed by atoms with E-state index in [0.717, 1.165) is 16.7 Å². The lowest BCUT2D eigenvalue weighted by Crippen LogP contribution is -2.23. The fourth-order valence-electron chi connectivity index (χ4n) is 2.65. The highest BCUT2D eigenvalue weighted by Crippen LogP contribution is 2.19. The van der Waals surface area contributed by atoms with Crippen LogP contribution in [0.15, 0.2) is 48.8 Å². The Kier molecular flexibility index (Phi) is 6.65. The molecule has 0 saturated heterocycles. The minimum atomic E-state index is -0.380. The van der Waals surface area contributed by atoms with Gasteiger partial charge in [0.1, 0.15) is 11.5 Å². The van der Waals surface area contributed by atoms with Crippen LogP contribution in [-0.2, 0) is 11.3 Å². The molecule has 1 amide bonds. The lowest BCUT2D eigenvalue weighted by atomic mass is 10.1. The molecule has 0 unspecified atom stereocenters. The van der Waals surface area contributed by atoms with Gasteiger partial charge in [0.2, 0.25) is 0 Å². The maximum Gasteiger partial charge on any atom is 0.276 e. The van der Waals surface area contributed by atoms with Crippen LogP contribution >= 0.6 is 11.6 Å². The number of benzene rings is 1. The van der Waals surface area contributed by atoms with E-state index < -0.39 is 0 Å². The van der Waals surface area contributed by atoms with Gasteiger partial charge in [0, 0.05) is 24.4 Å². The number of nitrogens with one attached hydrogen (secondary N) is 1. The number of rotatable bonds is 5. The van der Waals surface area contributed by atoms with E-state index in [1.165, 1.54) is 10.9 Å². The first-order chi connectivity index (χ1) is 14.0. The zero-order valence-corrected chi connectivity index (χ0v) is 17.2. The highest BCUT2D eigenvalue weighted by atomic mass is 35.5. The molecule has 1 atom stereocenters. The van der Waals surface area contributed by atoms with E-state index in [0.29, 0.717) is 12.4 Å². The van der Waals surface area contributed by atoms with Crippen molar-refractivity contribution in [2.24, 2.45) is 0 Å². The number of nitrogens with zero attached hydrogens (tertiary/aromatic N) is 3. The Morgan fingerprint density at radius 1 is 1.24 bits per heavy atom. The number of ether oxygens (including phenoxy) is 1. The quantitative estimate of drug-likeness (QED) is 0.649. The van der Waals surface area contributed by atoms with Gasteiger partial charge in [-0.1, -0.05) is 41.6 Å². The molecule has 3 rings (SSSR count). The summed E-state index contributed by atoms with van der Waals surface area (Å²) in [6.07, 6.45) is 2.96. The van der Waals surface area contributed by atoms with Gasteiger partial charge in [0.15, 0.2) is 0 Å². The molecule has 0 saturated carbocycles. The molecule has 0 radical (unpaired) electrons. The van der Waals surface area contributed by atoms with Crippen LogP contribution in [0.25, 0.3) is 0 Å². The molecule has 148 valence electrons. The van der Waals surface area contributed by atoms with Gasteiger partial charge in [-0.05, 0) is 37.6 Å². The van der Waals surface area contributed by atoms with Crippen LogP contribution in [0, 0.1) is 18.8 Å². The first kappa shape index (κ1) is 20.6. The van der Waals surface area contributed by atoms with Gasteiger partial charge in [0.05, 0.1) is 23.9 Å². The number of hydrogen-bond acceptors (Lipinski definition) is 4. The molecule has 0 aliphatic rings. The third kappa shape index (κ3) is 5.23. The Bertz CT molecular complexity index is 1070. The van der Waals surface area contributed by atoms with E-state index in [4.69, 9.17) is 16.3 Å². The highest BCUT2D eigenvalue weighted by molar-refractivity contribution is 6.34. The van der Waals surface area contributed by atoms with Crippen LogP contribution in [0.5, 0.6) is 0 Å². The Morgan fingerprint density at radius 3 is 2.66 bits per heavy atom. The van der Waals surface area contributed by atoms with Crippen LogP contribution in [0.1, 0.15) is 34.1 Å². The number of carbonyl (C=O) groups is 1. The molecule has 3 aromatic rings. The van der Waals surface area contributed by atoms with Crippen molar-refractivity contribution in [1.82, 2.24) is 14.8 Å². The van der Waals surface area contributed by atoms with E-state index >= 15 is 0 Å². The summed E-state index contributed by atoms with van der Waals surface area (Å²) in [6, 6.07) is 11.6. The highest BCUT2D eigenvalue weighted by Gasteiger charge is 2.20. The summed E-state index contributed by atoms with van der Waals surface area (Å²) < 4.78 is 6.77. The van der Waals surface area contributed by atoms with Crippen molar-refractivity contribution in [2.45, 2.75) is 26.5 Å². The second-order valence-corrected chi connectivity index (χ2v) is 6.94. The summed E-state index contributed by atoms with van der Waals surface area (Å²) in [7, 11) is 1.60. The molecule has 0 aliphatic heterocycles. The summed E-state index contributed by atoms with van der Waals surface area (Å²) in [5.74, 6) is 6.24. The van der Waals surface area contributed by atoms with Crippen LogP contribution in [0.4, 0.5) is 5.82 Å². The SMILES string of the molecule is CO[C@@H](C)Cn1ncc(Cl)c1C(=O)Nc1ncc(C#Cc2ccccc2)cc1C. The van der Waals surface area contributed by atoms with Crippen molar-refractivity contribution < 1.29 is 9.53 Å². The Morgan fingerprint density at radius 2 is 1.97 bits per heavy atom. The first-order valence-electron chi connectivity index (χ1n) is 9.07. The van der Waals surface area contributed by atoms with Gasteiger partial charge in [-0.3, -0.25) is 9.48 Å². The Balaban J connectivity index is 1.77. The van der Waals surface area contributed by atoms with Crippen molar-refractivity contribution in [2.75, 3.05) is 12.4 Å². The molecule has 0 bridgehead atoms. The van der Waals surface area contributed by atoms with Crippen molar-refractivity contribution in [3.05, 3.63) is 76.2 Å². The van der Waals surface area contributed by atoms with E-state index in [1.54, 1.807) is 13.3 Å². The second kappa shape index (κ2) is 9.37. The number of methoxy groups -OCH3 is 1. The summed E-state index contributed by atoms with van der Waals surface area (Å²) in [5.41, 5.74) is 2.76. The van der Waals surface area contributed by atoms with Crippen LogP contribution in [-0.4, -0.2) is 33.9 Å². The monoisotopic (exact) mass is 408 g/mol. The average Bonchev–Trinajstić information content (AvgIpc) is 3.08. The van der Waals surface area contributed by atoms with Crippen LogP contribution in [0.2, 0.25) is 5.02 Å². The average molecular weight is 409 g/mol. The molecule has 2 heterocycles. The number of hydrogen-bond donors (Lipinski definition) is 1. The maximum absolute atomic E-state index is 12.8. The van der Waals surface area contributed by atoms with Crippen molar-refractivity contribution in [3.8, 4) is 11.8 Å². The van der Waals surface area contributed by atoms with Gasteiger partial charge < -0.3 is 10.1 Å². The number of pyridine rings is 1. The number of carbonyl (C=O) groups excluding carboxylic acids is 1. The lowest BCUT2D eigenvalue weighted by Gasteiger charge is -2.13. The summed E-state index contributed by atoms with van der Waals surface area (Å²) in [6.45, 7) is 4.16. The van der Waals surface area contributed by atoms with Crippen molar-refractivity contribution in [3.63, 3.8) is 0 Å². The third-order valence-electron chi connectivity index (χ3n) is 4.28. The minimum Gasteiger partial charge on any atom is -0.380 e.